The van der Waals surface area contributed by atoms with Crippen molar-refractivity contribution in [1.29, 1.82) is 0 Å². The topological polar surface area (TPSA) is 114 Å². The molecule has 0 saturated carbocycles. The Kier molecular flexibility index (Phi) is 6.70. The number of aliphatic hydroxyl groups excluding tert-OH is 1. The largest absolute Gasteiger partial charge is 0.497 e. The fourth-order valence-corrected chi connectivity index (χ4v) is 5.42. The zero-order chi connectivity index (χ0) is 26.8. The first kappa shape index (κ1) is 25.0. The summed E-state index contributed by atoms with van der Waals surface area (Å²) in [5.74, 6) is 0.770. The van der Waals surface area contributed by atoms with E-state index in [2.05, 4.69) is 56.7 Å². The molecule has 1 saturated heterocycles. The van der Waals surface area contributed by atoms with Crippen LogP contribution in [0.25, 0.3) is 11.2 Å². The number of rotatable bonds is 8. The molecule has 1 aliphatic rings. The van der Waals surface area contributed by atoms with Gasteiger partial charge in [0.15, 0.2) is 11.2 Å². The van der Waals surface area contributed by atoms with Gasteiger partial charge in [-0.25, -0.2) is 9.97 Å². The minimum Gasteiger partial charge on any atom is -0.497 e. The van der Waals surface area contributed by atoms with Crippen molar-refractivity contribution in [1.82, 2.24) is 24.8 Å². The maximum absolute atomic E-state index is 12.1. The lowest BCUT2D eigenvalue weighted by Gasteiger charge is -2.38. The molecule has 39 heavy (non-hydrogen) atoms. The van der Waals surface area contributed by atoms with Crippen molar-refractivity contribution < 1.29 is 14.6 Å². The molecule has 0 aliphatic carbocycles. The van der Waals surface area contributed by atoms with Crippen LogP contribution in [0.5, 0.6) is 5.75 Å². The Bertz CT molecular complexity index is 1560. The lowest BCUT2D eigenvalue weighted by molar-refractivity contribution is -0.0178. The maximum Gasteiger partial charge on any atom is 0.278 e. The van der Waals surface area contributed by atoms with E-state index >= 15 is 0 Å². The van der Waals surface area contributed by atoms with Crippen molar-refractivity contribution in [3.05, 3.63) is 125 Å². The number of hydrogen-bond acceptors (Lipinski definition) is 7. The molecule has 9 nitrogen and oxygen atoms in total. The van der Waals surface area contributed by atoms with Crippen molar-refractivity contribution in [2.24, 2.45) is 0 Å². The average Bonchev–Trinajstić information content (AvgIpc) is 3.59. The predicted octanol–water partition coefficient (Wildman–Crippen LogP) is 3.36. The van der Waals surface area contributed by atoms with E-state index in [-0.39, 0.29) is 11.1 Å². The molecule has 6 rings (SSSR count). The standard InChI is InChI=1S/C30H29N5O4/c1-38-23-14-12-22(13-15-23)30(20-8-4-2-5-9-20,21-10-6-3-7-11-21)34-17-25-24(36)16-26(39-25)35-19-33-27-28(35)31-18-32-29(27)37/h2-15,18-19,24-26,34,36H,16-17H2,1H3,(H,31,32,37)/t24-,25+,26+/m0/s1. The molecular formula is C30H29N5O4. The fourth-order valence-electron chi connectivity index (χ4n) is 5.42. The molecule has 0 radical (unpaired) electrons. The maximum atomic E-state index is 12.1. The van der Waals surface area contributed by atoms with E-state index < -0.39 is 24.0 Å². The molecule has 0 spiro atoms. The molecule has 1 fully saturated rings. The second kappa shape index (κ2) is 10.5. The number of methoxy groups -OCH3 is 1. The Morgan fingerprint density at radius 3 is 2.28 bits per heavy atom. The average molecular weight is 524 g/mol. The molecule has 1 aliphatic heterocycles. The molecule has 2 aromatic heterocycles. The van der Waals surface area contributed by atoms with Crippen molar-refractivity contribution in [3.8, 4) is 5.75 Å². The summed E-state index contributed by atoms with van der Waals surface area (Å²) in [6, 6.07) is 28.5. The zero-order valence-electron chi connectivity index (χ0n) is 21.4. The second-order valence-electron chi connectivity index (χ2n) is 9.58. The van der Waals surface area contributed by atoms with Gasteiger partial charge in [0.2, 0.25) is 0 Å². The molecule has 198 valence electrons. The summed E-state index contributed by atoms with van der Waals surface area (Å²) in [5.41, 5.74) is 2.74. The predicted molar refractivity (Wildman–Crippen MR) is 146 cm³/mol. The van der Waals surface area contributed by atoms with Crippen LogP contribution in [0.4, 0.5) is 0 Å². The SMILES string of the molecule is COc1ccc(C(NC[C@H]2O[C@@H](n3cnc4c(=O)[nH]cnc43)C[C@@H]2O)(c2ccccc2)c2ccccc2)cc1. The molecular weight excluding hydrogens is 494 g/mol. The highest BCUT2D eigenvalue weighted by molar-refractivity contribution is 5.68. The van der Waals surface area contributed by atoms with Gasteiger partial charge in [0.05, 0.1) is 37.5 Å². The molecule has 3 heterocycles. The van der Waals surface area contributed by atoms with E-state index in [1.165, 1.54) is 12.7 Å². The third-order valence-corrected chi connectivity index (χ3v) is 7.38. The van der Waals surface area contributed by atoms with Crippen molar-refractivity contribution in [3.63, 3.8) is 0 Å². The quantitative estimate of drug-likeness (QED) is 0.267. The van der Waals surface area contributed by atoms with Crippen LogP contribution in [0.3, 0.4) is 0 Å². The number of aromatic nitrogens is 4. The van der Waals surface area contributed by atoms with Crippen LogP contribution in [-0.2, 0) is 10.3 Å². The van der Waals surface area contributed by atoms with Crippen LogP contribution in [0.15, 0.2) is 102 Å². The van der Waals surface area contributed by atoms with E-state index in [9.17, 15) is 9.90 Å². The summed E-state index contributed by atoms with van der Waals surface area (Å²) in [4.78, 5) is 23.1. The number of benzene rings is 3. The number of ether oxygens (including phenoxy) is 2. The Morgan fingerprint density at radius 2 is 1.64 bits per heavy atom. The van der Waals surface area contributed by atoms with Crippen molar-refractivity contribution in [2.45, 2.75) is 30.4 Å². The minimum atomic E-state index is -0.734. The third-order valence-electron chi connectivity index (χ3n) is 7.38. The highest BCUT2D eigenvalue weighted by Gasteiger charge is 2.40. The number of nitrogens with zero attached hydrogens (tertiary/aromatic N) is 3. The molecule has 0 unspecified atom stereocenters. The summed E-state index contributed by atoms with van der Waals surface area (Å²) < 4.78 is 13.5. The number of H-pyrrole nitrogens is 1. The number of aromatic amines is 1. The van der Waals surface area contributed by atoms with Crippen LogP contribution in [0.2, 0.25) is 0 Å². The number of hydrogen-bond donors (Lipinski definition) is 3. The second-order valence-corrected chi connectivity index (χ2v) is 9.58. The monoisotopic (exact) mass is 523 g/mol. The first-order valence-electron chi connectivity index (χ1n) is 12.8. The fraction of sp³-hybridized carbons (Fsp3) is 0.233. The summed E-state index contributed by atoms with van der Waals surface area (Å²) in [5, 5.41) is 14.8. The molecule has 0 amide bonds. The van der Waals surface area contributed by atoms with E-state index in [0.29, 0.717) is 18.6 Å². The van der Waals surface area contributed by atoms with Crippen molar-refractivity contribution in [2.75, 3.05) is 13.7 Å². The first-order valence-corrected chi connectivity index (χ1v) is 12.8. The lowest BCUT2D eigenvalue weighted by atomic mass is 9.77. The van der Waals surface area contributed by atoms with Crippen LogP contribution in [-0.4, -0.2) is 50.5 Å². The van der Waals surface area contributed by atoms with Gasteiger partial charge < -0.3 is 19.6 Å². The number of fused-ring (bicyclic) bond motifs is 1. The smallest absolute Gasteiger partial charge is 0.278 e. The van der Waals surface area contributed by atoms with Crippen LogP contribution in [0, 0.1) is 0 Å². The van der Waals surface area contributed by atoms with Gasteiger partial charge in [-0.2, -0.15) is 0 Å². The molecule has 3 N–H and O–H groups in total. The minimum absolute atomic E-state index is 0.240. The van der Waals surface area contributed by atoms with Gasteiger partial charge in [-0.15, -0.1) is 0 Å². The lowest BCUT2D eigenvalue weighted by Crippen LogP contribution is -2.49. The number of aliphatic hydroxyl groups is 1. The molecule has 0 bridgehead atoms. The summed E-state index contributed by atoms with van der Waals surface area (Å²) in [6.07, 6.45) is 1.47. The Hall–Kier alpha value is -4.31. The zero-order valence-corrected chi connectivity index (χ0v) is 21.4. The van der Waals surface area contributed by atoms with E-state index in [1.54, 1.807) is 11.7 Å². The highest BCUT2D eigenvalue weighted by Crippen LogP contribution is 2.38. The van der Waals surface area contributed by atoms with E-state index in [1.807, 2.05) is 48.5 Å². The van der Waals surface area contributed by atoms with Gasteiger partial charge >= 0.3 is 0 Å². The highest BCUT2D eigenvalue weighted by atomic mass is 16.5. The van der Waals surface area contributed by atoms with Gasteiger partial charge in [0.1, 0.15) is 12.0 Å². The number of nitrogens with one attached hydrogen (secondary N) is 2. The summed E-state index contributed by atoms with van der Waals surface area (Å²) in [6.45, 7) is 0.355. The van der Waals surface area contributed by atoms with Gasteiger partial charge in [-0.3, -0.25) is 14.7 Å². The molecule has 3 atom stereocenters. The summed E-state index contributed by atoms with van der Waals surface area (Å²) in [7, 11) is 1.65. The van der Waals surface area contributed by atoms with Crippen LogP contribution in [0.1, 0.15) is 29.3 Å². The number of imidazole rings is 1. The Labute approximate surface area is 225 Å². The van der Waals surface area contributed by atoms with Crippen molar-refractivity contribution >= 4 is 11.2 Å². The van der Waals surface area contributed by atoms with Crippen LogP contribution >= 0.6 is 0 Å². The van der Waals surface area contributed by atoms with E-state index in [0.717, 1.165) is 22.4 Å². The van der Waals surface area contributed by atoms with Gasteiger partial charge in [-0.05, 0) is 28.8 Å². The first-order chi connectivity index (χ1) is 19.1. The van der Waals surface area contributed by atoms with Gasteiger partial charge in [0, 0.05) is 13.0 Å². The Balaban J connectivity index is 1.36. The third kappa shape index (κ3) is 4.50. The van der Waals surface area contributed by atoms with Gasteiger partial charge in [0.25, 0.3) is 5.56 Å². The van der Waals surface area contributed by atoms with E-state index in [4.69, 9.17) is 9.47 Å². The molecule has 9 heteroatoms. The summed E-state index contributed by atoms with van der Waals surface area (Å²) >= 11 is 0. The van der Waals surface area contributed by atoms with Gasteiger partial charge in [-0.1, -0.05) is 72.8 Å². The molecule has 3 aromatic carbocycles. The normalized spacial score (nSPS) is 19.4. The molecule has 5 aromatic rings. The Morgan fingerprint density at radius 1 is 1.00 bits per heavy atom. The van der Waals surface area contributed by atoms with Crippen LogP contribution < -0.4 is 15.6 Å².